The summed E-state index contributed by atoms with van der Waals surface area (Å²) in [4.78, 5) is 23.7. The summed E-state index contributed by atoms with van der Waals surface area (Å²) in [5, 5.41) is 9.73. The van der Waals surface area contributed by atoms with Crippen LogP contribution in [0.4, 0.5) is 0 Å². The van der Waals surface area contributed by atoms with E-state index in [2.05, 4.69) is 0 Å². The first-order chi connectivity index (χ1) is 16.2. The molecule has 3 rings (SSSR count). The third-order valence-corrected chi connectivity index (χ3v) is 5.59. The number of methoxy groups -OCH3 is 3. The summed E-state index contributed by atoms with van der Waals surface area (Å²) in [5.74, 6) is -0.215. The Balaban J connectivity index is 1.96. The molecule has 1 aliphatic heterocycles. The average molecular weight is 475 g/mol. The molecule has 0 aliphatic carbocycles. The summed E-state index contributed by atoms with van der Waals surface area (Å²) < 4.78 is 32.9. The zero-order valence-electron chi connectivity index (χ0n) is 20.0. The van der Waals surface area contributed by atoms with Crippen molar-refractivity contribution in [3.05, 3.63) is 41.5 Å². The summed E-state index contributed by atoms with van der Waals surface area (Å²) in [5.41, 5.74) is 1.90. The molecule has 0 radical (unpaired) electrons. The largest absolute Gasteiger partial charge is 0.493 e. The number of carboxylic acid groups (broad SMARTS) is 1. The highest BCUT2D eigenvalue weighted by Crippen LogP contribution is 2.45. The quantitative estimate of drug-likeness (QED) is 0.365. The van der Waals surface area contributed by atoms with Crippen LogP contribution in [-0.4, -0.2) is 64.3 Å². The van der Waals surface area contributed by atoms with Crippen molar-refractivity contribution in [1.82, 2.24) is 0 Å². The van der Waals surface area contributed by atoms with Crippen molar-refractivity contribution >= 4 is 11.9 Å². The minimum absolute atomic E-state index is 0.0139. The molecule has 0 bridgehead atoms. The molecule has 184 valence electrons. The molecule has 0 amide bonds. The molecule has 9 nitrogen and oxygen atoms in total. The Hall–Kier alpha value is -3.30. The number of carboxylic acids is 1. The predicted octanol–water partition coefficient (Wildman–Crippen LogP) is 3.56. The second-order valence-electron chi connectivity index (χ2n) is 8.48. The molecule has 1 atom stereocenters. The van der Waals surface area contributed by atoms with Crippen molar-refractivity contribution in [2.24, 2.45) is 5.41 Å². The fourth-order valence-electron chi connectivity index (χ4n) is 3.78. The van der Waals surface area contributed by atoms with Crippen LogP contribution in [0.15, 0.2) is 30.3 Å². The van der Waals surface area contributed by atoms with Gasteiger partial charge in [0.2, 0.25) is 5.75 Å². The van der Waals surface area contributed by atoms with Crippen LogP contribution < -0.4 is 14.2 Å². The van der Waals surface area contributed by atoms with Gasteiger partial charge in [0.25, 0.3) is 0 Å². The molecule has 1 unspecified atom stereocenters. The van der Waals surface area contributed by atoms with Gasteiger partial charge in [-0.1, -0.05) is 19.9 Å². The first kappa shape index (κ1) is 25.3. The Labute approximate surface area is 198 Å². The van der Waals surface area contributed by atoms with Crippen LogP contribution in [0.5, 0.6) is 17.2 Å². The van der Waals surface area contributed by atoms with E-state index in [0.29, 0.717) is 28.4 Å². The van der Waals surface area contributed by atoms with E-state index >= 15 is 0 Å². The third kappa shape index (κ3) is 5.26. The number of cyclic esters (lactones) is 1. The molecule has 1 N–H and O–H groups in total. The molecule has 0 saturated heterocycles. The standard InChI is InChI=1S/C25H30O9/c1-25(2,22(23(26)27)32-11-10-29-3)14-34-20-17(8-9-19(30-4)21(20)31-5)15-6-7-18-16(12-15)13-33-24(18)28/h6-9,12,22H,10-11,13-14H2,1-5H3,(H,26,27). The van der Waals surface area contributed by atoms with Crippen LogP contribution in [0.25, 0.3) is 11.1 Å². The molecular weight excluding hydrogens is 444 g/mol. The summed E-state index contributed by atoms with van der Waals surface area (Å²) in [6.07, 6.45) is -1.12. The third-order valence-electron chi connectivity index (χ3n) is 5.59. The zero-order valence-corrected chi connectivity index (χ0v) is 20.0. The van der Waals surface area contributed by atoms with E-state index in [4.69, 9.17) is 28.4 Å². The van der Waals surface area contributed by atoms with Crippen molar-refractivity contribution in [2.45, 2.75) is 26.6 Å². The highest BCUT2D eigenvalue weighted by atomic mass is 16.6. The smallest absolute Gasteiger partial charge is 0.338 e. The fraction of sp³-hybridized carbons (Fsp3) is 0.440. The predicted molar refractivity (Wildman–Crippen MR) is 123 cm³/mol. The van der Waals surface area contributed by atoms with Gasteiger partial charge in [0.05, 0.1) is 39.6 Å². The number of hydrogen-bond acceptors (Lipinski definition) is 8. The lowest BCUT2D eigenvalue weighted by molar-refractivity contribution is -0.162. The van der Waals surface area contributed by atoms with Crippen molar-refractivity contribution in [3.63, 3.8) is 0 Å². The number of fused-ring (bicyclic) bond motifs is 1. The number of ether oxygens (including phenoxy) is 6. The minimum atomic E-state index is -1.12. The van der Waals surface area contributed by atoms with E-state index in [0.717, 1.165) is 11.1 Å². The SMILES string of the molecule is COCCOC(C(=O)O)C(C)(C)COc1c(-c2ccc3c(c2)COC3=O)ccc(OC)c1OC. The van der Waals surface area contributed by atoms with Gasteiger partial charge in [-0.15, -0.1) is 0 Å². The van der Waals surface area contributed by atoms with Gasteiger partial charge >= 0.3 is 11.9 Å². The van der Waals surface area contributed by atoms with E-state index in [1.165, 1.54) is 21.3 Å². The number of carbonyl (C=O) groups is 2. The molecule has 0 aromatic heterocycles. The van der Waals surface area contributed by atoms with Gasteiger partial charge in [-0.25, -0.2) is 9.59 Å². The number of carbonyl (C=O) groups excluding carboxylic acids is 1. The first-order valence-electron chi connectivity index (χ1n) is 10.7. The monoisotopic (exact) mass is 474 g/mol. The van der Waals surface area contributed by atoms with Crippen molar-refractivity contribution < 1.29 is 43.1 Å². The van der Waals surface area contributed by atoms with Crippen LogP contribution in [-0.2, 0) is 25.6 Å². The second-order valence-corrected chi connectivity index (χ2v) is 8.48. The van der Waals surface area contributed by atoms with Crippen molar-refractivity contribution in [1.29, 1.82) is 0 Å². The minimum Gasteiger partial charge on any atom is -0.493 e. The Bertz CT molecular complexity index is 1040. The maximum absolute atomic E-state index is 11.9. The topological polar surface area (TPSA) is 110 Å². The Morgan fingerprint density at radius 2 is 1.79 bits per heavy atom. The van der Waals surface area contributed by atoms with Crippen LogP contribution in [0, 0.1) is 5.41 Å². The van der Waals surface area contributed by atoms with Gasteiger partial charge in [0.15, 0.2) is 17.6 Å². The highest BCUT2D eigenvalue weighted by molar-refractivity contribution is 5.94. The lowest BCUT2D eigenvalue weighted by atomic mass is 9.87. The maximum Gasteiger partial charge on any atom is 0.338 e. The van der Waals surface area contributed by atoms with Gasteiger partial charge in [-0.05, 0) is 29.8 Å². The summed E-state index contributed by atoms with van der Waals surface area (Å²) in [6.45, 7) is 4.14. The van der Waals surface area contributed by atoms with Gasteiger partial charge in [0, 0.05) is 23.7 Å². The number of benzene rings is 2. The molecule has 0 fully saturated rings. The number of esters is 1. The molecule has 2 aromatic carbocycles. The van der Waals surface area contributed by atoms with Crippen LogP contribution in [0.1, 0.15) is 29.8 Å². The van der Waals surface area contributed by atoms with Crippen molar-refractivity contribution in [3.8, 4) is 28.4 Å². The van der Waals surface area contributed by atoms with E-state index < -0.39 is 17.5 Å². The maximum atomic E-state index is 11.9. The van der Waals surface area contributed by atoms with E-state index in [-0.39, 0.29) is 32.4 Å². The van der Waals surface area contributed by atoms with Gasteiger partial charge in [-0.2, -0.15) is 0 Å². The van der Waals surface area contributed by atoms with E-state index in [9.17, 15) is 14.7 Å². The molecule has 1 aliphatic rings. The van der Waals surface area contributed by atoms with Gasteiger partial charge in [0.1, 0.15) is 6.61 Å². The summed E-state index contributed by atoms with van der Waals surface area (Å²) in [6, 6.07) is 8.97. The molecular formula is C25H30O9. The van der Waals surface area contributed by atoms with Crippen LogP contribution >= 0.6 is 0 Å². The van der Waals surface area contributed by atoms with Gasteiger partial charge < -0.3 is 33.5 Å². The number of hydrogen-bond donors (Lipinski definition) is 1. The number of aliphatic carboxylic acids is 1. The summed E-state index contributed by atoms with van der Waals surface area (Å²) in [7, 11) is 4.54. The van der Waals surface area contributed by atoms with Crippen molar-refractivity contribution in [2.75, 3.05) is 41.2 Å². The summed E-state index contributed by atoms with van der Waals surface area (Å²) >= 11 is 0. The molecule has 34 heavy (non-hydrogen) atoms. The normalized spacial score (nSPS) is 13.7. The lowest BCUT2D eigenvalue weighted by Gasteiger charge is -2.31. The molecule has 0 saturated carbocycles. The first-order valence-corrected chi connectivity index (χ1v) is 10.7. The zero-order chi connectivity index (χ0) is 24.9. The fourth-order valence-corrected chi connectivity index (χ4v) is 3.78. The van der Waals surface area contributed by atoms with Crippen LogP contribution in [0.3, 0.4) is 0 Å². The van der Waals surface area contributed by atoms with Gasteiger partial charge in [-0.3, -0.25) is 0 Å². The molecule has 2 aromatic rings. The highest BCUT2D eigenvalue weighted by Gasteiger charge is 2.38. The lowest BCUT2D eigenvalue weighted by Crippen LogP contribution is -2.43. The average Bonchev–Trinajstić information content (AvgIpc) is 3.19. The molecule has 1 heterocycles. The molecule has 9 heteroatoms. The van der Waals surface area contributed by atoms with Crippen LogP contribution in [0.2, 0.25) is 0 Å². The Morgan fingerprint density at radius 3 is 2.44 bits per heavy atom. The Kier molecular flexibility index (Phi) is 8.01. The van der Waals surface area contributed by atoms with E-state index in [1.54, 1.807) is 32.0 Å². The van der Waals surface area contributed by atoms with E-state index in [1.807, 2.05) is 12.1 Å². The second kappa shape index (κ2) is 10.8. The molecule has 0 spiro atoms. The Morgan fingerprint density at radius 1 is 1.06 bits per heavy atom. The number of rotatable bonds is 12.